The first-order chi connectivity index (χ1) is 9.99. The molecule has 0 atom stereocenters. The number of phenolic OH excluding ortho intramolecular Hbond substituents is 1. The Morgan fingerprint density at radius 2 is 1.81 bits per heavy atom. The van der Waals surface area contributed by atoms with Crippen LogP contribution in [0.3, 0.4) is 0 Å². The zero-order valence-corrected chi connectivity index (χ0v) is 12.1. The average molecular weight is 284 g/mol. The van der Waals surface area contributed by atoms with E-state index >= 15 is 0 Å². The Kier molecular flexibility index (Phi) is 2.94. The normalized spacial score (nSPS) is 11.0. The summed E-state index contributed by atoms with van der Waals surface area (Å²) in [5, 5.41) is 17.9. The van der Waals surface area contributed by atoms with E-state index in [-0.39, 0.29) is 5.75 Å². The van der Waals surface area contributed by atoms with E-state index < -0.39 is 0 Å². The highest BCUT2D eigenvalue weighted by Gasteiger charge is 2.23. The molecule has 21 heavy (non-hydrogen) atoms. The number of aromatic nitrogens is 3. The van der Waals surface area contributed by atoms with Gasteiger partial charge in [-0.3, -0.25) is 4.68 Å². The predicted molar refractivity (Wildman–Crippen MR) is 79.7 cm³/mol. The Morgan fingerprint density at radius 3 is 2.38 bits per heavy atom. The van der Waals surface area contributed by atoms with Crippen molar-refractivity contribution in [2.45, 2.75) is 13.8 Å². The molecule has 1 aromatic carbocycles. The molecule has 2 aromatic heterocycles. The van der Waals surface area contributed by atoms with Gasteiger partial charge in [0.2, 0.25) is 0 Å². The van der Waals surface area contributed by atoms with Gasteiger partial charge in [0.1, 0.15) is 23.0 Å². The fourth-order valence-corrected chi connectivity index (χ4v) is 2.44. The summed E-state index contributed by atoms with van der Waals surface area (Å²) in [6.45, 7) is 3.72. The zero-order chi connectivity index (χ0) is 15.1. The quantitative estimate of drug-likeness (QED) is 0.755. The first-order valence-corrected chi connectivity index (χ1v) is 6.54. The van der Waals surface area contributed by atoms with Crippen LogP contribution in [0.4, 0.5) is 5.82 Å². The number of nitrogens with two attached hydrogens (primary N) is 1. The Bertz CT molecular complexity index is 780. The van der Waals surface area contributed by atoms with Gasteiger partial charge in [0.15, 0.2) is 0 Å². The van der Waals surface area contributed by atoms with Gasteiger partial charge in [-0.05, 0) is 38.1 Å². The number of aryl methyl sites for hydroxylation is 3. The lowest BCUT2D eigenvalue weighted by atomic mass is 9.99. The number of rotatable bonds is 2. The fourth-order valence-electron chi connectivity index (χ4n) is 2.44. The van der Waals surface area contributed by atoms with E-state index in [0.717, 1.165) is 28.1 Å². The molecule has 0 bridgehead atoms. The molecule has 3 rings (SSSR count). The topological polar surface area (TPSA) is 90.1 Å². The summed E-state index contributed by atoms with van der Waals surface area (Å²) in [5.41, 5.74) is 10.2. The molecular weight excluding hydrogens is 268 g/mol. The molecule has 2 heterocycles. The van der Waals surface area contributed by atoms with Crippen LogP contribution in [-0.2, 0) is 7.05 Å². The predicted octanol–water partition coefficient (Wildman–Crippen LogP) is 2.65. The highest BCUT2D eigenvalue weighted by molar-refractivity contribution is 5.89. The lowest BCUT2D eigenvalue weighted by Crippen LogP contribution is -1.98. The minimum absolute atomic E-state index is 0.210. The number of aromatic hydroxyl groups is 1. The molecule has 3 N–H and O–H groups in total. The second-order valence-electron chi connectivity index (χ2n) is 4.98. The molecule has 3 aromatic rings. The van der Waals surface area contributed by atoms with Crippen LogP contribution < -0.4 is 5.73 Å². The van der Waals surface area contributed by atoms with Crippen LogP contribution in [0.5, 0.6) is 5.75 Å². The monoisotopic (exact) mass is 284 g/mol. The Labute approximate surface area is 121 Å². The molecule has 0 saturated heterocycles. The van der Waals surface area contributed by atoms with Crippen molar-refractivity contribution in [1.29, 1.82) is 0 Å². The first-order valence-electron chi connectivity index (χ1n) is 6.54. The Balaban J connectivity index is 2.28. The minimum atomic E-state index is 0.210. The number of phenols is 1. The molecule has 0 unspecified atom stereocenters. The SMILES string of the molecule is Cc1noc(C)c1-c1c(-c2ccc(O)cc2)nn(C)c1N. The second-order valence-corrected chi connectivity index (χ2v) is 4.98. The van der Waals surface area contributed by atoms with Crippen LogP contribution in [0.1, 0.15) is 11.5 Å². The van der Waals surface area contributed by atoms with Gasteiger partial charge >= 0.3 is 0 Å². The van der Waals surface area contributed by atoms with Gasteiger partial charge in [-0.15, -0.1) is 0 Å². The van der Waals surface area contributed by atoms with Crippen molar-refractivity contribution in [3.05, 3.63) is 35.7 Å². The van der Waals surface area contributed by atoms with Crippen LogP contribution in [0.2, 0.25) is 0 Å². The molecular formula is C15H16N4O2. The maximum absolute atomic E-state index is 9.43. The van der Waals surface area contributed by atoms with Crippen molar-refractivity contribution >= 4 is 5.82 Å². The summed E-state index contributed by atoms with van der Waals surface area (Å²) < 4.78 is 6.87. The van der Waals surface area contributed by atoms with Gasteiger partial charge in [-0.25, -0.2) is 0 Å². The minimum Gasteiger partial charge on any atom is -0.508 e. The molecule has 0 amide bonds. The highest BCUT2D eigenvalue weighted by Crippen LogP contribution is 2.39. The third-order valence-electron chi connectivity index (χ3n) is 3.52. The standard InChI is InChI=1S/C15H16N4O2/c1-8-12(9(2)21-18-8)13-14(17-19(3)15(13)16)10-4-6-11(20)7-5-10/h4-7,20H,16H2,1-3H3. The number of anilines is 1. The largest absolute Gasteiger partial charge is 0.508 e. The van der Waals surface area contributed by atoms with Crippen molar-refractivity contribution in [3.63, 3.8) is 0 Å². The van der Waals surface area contributed by atoms with E-state index in [2.05, 4.69) is 10.3 Å². The van der Waals surface area contributed by atoms with E-state index in [4.69, 9.17) is 10.3 Å². The molecule has 6 heteroatoms. The smallest absolute Gasteiger partial charge is 0.141 e. The van der Waals surface area contributed by atoms with Crippen molar-refractivity contribution in [2.75, 3.05) is 5.73 Å². The molecule has 108 valence electrons. The van der Waals surface area contributed by atoms with Gasteiger partial charge in [0.25, 0.3) is 0 Å². The van der Waals surface area contributed by atoms with E-state index in [9.17, 15) is 5.11 Å². The molecule has 0 fully saturated rings. The van der Waals surface area contributed by atoms with Crippen molar-refractivity contribution in [2.24, 2.45) is 7.05 Å². The van der Waals surface area contributed by atoms with Gasteiger partial charge in [0.05, 0.1) is 16.8 Å². The van der Waals surface area contributed by atoms with E-state index in [1.54, 1.807) is 36.0 Å². The summed E-state index contributed by atoms with van der Waals surface area (Å²) >= 11 is 0. The molecule has 0 spiro atoms. The number of nitrogen functional groups attached to an aromatic ring is 1. The van der Waals surface area contributed by atoms with E-state index in [1.165, 1.54) is 0 Å². The molecule has 0 aliphatic carbocycles. The summed E-state index contributed by atoms with van der Waals surface area (Å²) in [5.74, 6) is 1.46. The first kappa shape index (κ1) is 13.2. The highest BCUT2D eigenvalue weighted by atomic mass is 16.5. The van der Waals surface area contributed by atoms with Crippen LogP contribution in [0.25, 0.3) is 22.4 Å². The maximum atomic E-state index is 9.43. The molecule has 0 radical (unpaired) electrons. The van der Waals surface area contributed by atoms with Crippen LogP contribution in [0.15, 0.2) is 28.8 Å². The lowest BCUT2D eigenvalue weighted by molar-refractivity contribution is 0.393. The second kappa shape index (κ2) is 4.66. The van der Waals surface area contributed by atoms with Crippen LogP contribution in [-0.4, -0.2) is 20.0 Å². The zero-order valence-electron chi connectivity index (χ0n) is 12.1. The van der Waals surface area contributed by atoms with Crippen LogP contribution >= 0.6 is 0 Å². The Hall–Kier alpha value is -2.76. The lowest BCUT2D eigenvalue weighted by Gasteiger charge is -2.04. The summed E-state index contributed by atoms with van der Waals surface area (Å²) in [7, 11) is 1.79. The average Bonchev–Trinajstić information content (AvgIpc) is 2.92. The van der Waals surface area contributed by atoms with Gasteiger partial charge in [-0.1, -0.05) is 5.16 Å². The maximum Gasteiger partial charge on any atom is 0.141 e. The fraction of sp³-hybridized carbons (Fsp3) is 0.200. The van der Waals surface area contributed by atoms with E-state index in [0.29, 0.717) is 11.6 Å². The third kappa shape index (κ3) is 2.05. The van der Waals surface area contributed by atoms with Crippen molar-refractivity contribution in [1.82, 2.24) is 14.9 Å². The third-order valence-corrected chi connectivity index (χ3v) is 3.52. The molecule has 6 nitrogen and oxygen atoms in total. The summed E-state index contributed by atoms with van der Waals surface area (Å²) in [4.78, 5) is 0. The molecule has 0 aliphatic rings. The van der Waals surface area contributed by atoms with Gasteiger partial charge in [0, 0.05) is 12.6 Å². The molecule has 0 saturated carbocycles. The Morgan fingerprint density at radius 1 is 1.14 bits per heavy atom. The number of benzene rings is 1. The van der Waals surface area contributed by atoms with Gasteiger partial charge in [-0.2, -0.15) is 5.10 Å². The van der Waals surface area contributed by atoms with Crippen molar-refractivity contribution < 1.29 is 9.63 Å². The van der Waals surface area contributed by atoms with Crippen molar-refractivity contribution in [3.8, 4) is 28.1 Å². The van der Waals surface area contributed by atoms with E-state index in [1.807, 2.05) is 13.8 Å². The molecule has 0 aliphatic heterocycles. The summed E-state index contributed by atoms with van der Waals surface area (Å²) in [6.07, 6.45) is 0. The number of nitrogens with zero attached hydrogens (tertiary/aromatic N) is 3. The van der Waals surface area contributed by atoms with Crippen LogP contribution in [0, 0.1) is 13.8 Å². The number of hydrogen-bond acceptors (Lipinski definition) is 5. The number of hydrogen-bond donors (Lipinski definition) is 2. The summed E-state index contributed by atoms with van der Waals surface area (Å²) in [6, 6.07) is 6.85. The van der Waals surface area contributed by atoms with Gasteiger partial charge < -0.3 is 15.4 Å².